The van der Waals surface area contributed by atoms with Crippen molar-refractivity contribution in [2.75, 3.05) is 30.4 Å². The number of carbonyl (C=O) groups is 1. The molecule has 1 unspecified atom stereocenters. The number of amides is 2. The molecule has 2 amide bonds. The summed E-state index contributed by atoms with van der Waals surface area (Å²) in [6.07, 6.45) is -3.46. The van der Waals surface area contributed by atoms with E-state index in [1.54, 1.807) is 0 Å². The van der Waals surface area contributed by atoms with Crippen LogP contribution in [0, 0.1) is 0 Å². The van der Waals surface area contributed by atoms with E-state index in [4.69, 9.17) is 9.47 Å². The molecule has 0 aliphatic rings. The van der Waals surface area contributed by atoms with Crippen molar-refractivity contribution in [2.45, 2.75) is 6.18 Å². The van der Waals surface area contributed by atoms with Crippen LogP contribution in [0.15, 0.2) is 24.4 Å². The van der Waals surface area contributed by atoms with E-state index in [0.29, 0.717) is 0 Å². The minimum absolute atomic E-state index is 0.0814. The van der Waals surface area contributed by atoms with Crippen LogP contribution in [-0.4, -0.2) is 56.7 Å². The van der Waals surface area contributed by atoms with Crippen molar-refractivity contribution in [3.8, 4) is 17.5 Å². The highest BCUT2D eigenvalue weighted by Crippen LogP contribution is 2.26. The molecule has 2 N–H and O–H groups in total. The lowest BCUT2D eigenvalue weighted by atomic mass is 10.4. The fraction of sp³-hybridized carbons (Fsp3) is 0.286. The number of urea groups is 1. The van der Waals surface area contributed by atoms with Gasteiger partial charge in [0, 0.05) is 6.20 Å². The van der Waals surface area contributed by atoms with Crippen LogP contribution in [0.2, 0.25) is 0 Å². The summed E-state index contributed by atoms with van der Waals surface area (Å²) in [6.45, 7) is -1.63. The van der Waals surface area contributed by atoms with Crippen LogP contribution >= 0.6 is 0 Å². The van der Waals surface area contributed by atoms with E-state index in [9.17, 15) is 26.7 Å². The molecule has 0 aromatic carbocycles. The lowest BCUT2D eigenvalue weighted by Gasteiger charge is -2.18. The Morgan fingerprint density at radius 3 is 2.41 bits per heavy atom. The summed E-state index contributed by atoms with van der Waals surface area (Å²) in [5, 5.41) is 2.07. The summed E-state index contributed by atoms with van der Waals surface area (Å²) in [6, 6.07) is 2.37. The van der Waals surface area contributed by atoms with Crippen LogP contribution in [0.1, 0.15) is 0 Å². The normalized spacial score (nSPS) is 12.1. The zero-order valence-electron chi connectivity index (χ0n) is 14.8. The molecule has 2 heterocycles. The number of nitrogens with one attached hydrogen (secondary N) is 1. The van der Waals surface area contributed by atoms with E-state index in [0.717, 1.165) is 6.07 Å². The molecule has 11 nitrogen and oxygen atoms in total. The van der Waals surface area contributed by atoms with Crippen molar-refractivity contribution in [2.24, 2.45) is 0 Å². The molecule has 15 heteroatoms. The molecule has 1 atom stereocenters. The number of hydrogen-bond acceptors (Lipinski definition) is 8. The van der Waals surface area contributed by atoms with Crippen molar-refractivity contribution < 1.29 is 40.9 Å². The predicted molar refractivity (Wildman–Crippen MR) is 93.2 cm³/mol. The Morgan fingerprint density at radius 2 is 1.90 bits per heavy atom. The Bertz CT molecular complexity index is 878. The molecule has 158 valence electrons. The van der Waals surface area contributed by atoms with E-state index < -0.39 is 47.6 Å². The number of ether oxygens (including phenoxy) is 3. The van der Waals surface area contributed by atoms with Crippen molar-refractivity contribution in [3.05, 3.63) is 24.4 Å². The molecule has 0 spiro atoms. The first-order chi connectivity index (χ1) is 13.6. The number of nitrogens with zero attached hydrogens (tertiary/aromatic N) is 4. The highest BCUT2D eigenvalue weighted by Gasteiger charge is 2.30. The maximum absolute atomic E-state index is 12.5. The first-order valence-electron chi connectivity index (χ1n) is 7.48. The number of alkyl halides is 3. The number of hydrogen-bond donors (Lipinski definition) is 2. The minimum Gasteiger partial charge on any atom is -0.481 e. The van der Waals surface area contributed by atoms with E-state index in [1.807, 2.05) is 0 Å². The van der Waals surface area contributed by atoms with Crippen LogP contribution in [0.25, 0.3) is 0 Å². The summed E-state index contributed by atoms with van der Waals surface area (Å²) in [5.74, 6) is -1.57. The van der Waals surface area contributed by atoms with E-state index in [-0.39, 0.29) is 16.1 Å². The highest BCUT2D eigenvalue weighted by molar-refractivity contribution is 7.81. The van der Waals surface area contributed by atoms with Gasteiger partial charge in [-0.15, -0.1) is 0 Å². The summed E-state index contributed by atoms with van der Waals surface area (Å²) in [4.78, 5) is 23.7. The third-order valence-corrected chi connectivity index (χ3v) is 3.64. The van der Waals surface area contributed by atoms with Crippen molar-refractivity contribution in [1.82, 2.24) is 15.0 Å². The number of anilines is 2. The number of halogens is 3. The van der Waals surface area contributed by atoms with Crippen LogP contribution in [0.3, 0.4) is 0 Å². The van der Waals surface area contributed by atoms with Crippen LogP contribution in [0.4, 0.5) is 29.7 Å². The fourth-order valence-corrected chi connectivity index (χ4v) is 2.25. The zero-order chi connectivity index (χ0) is 21.6. The lowest BCUT2D eigenvalue weighted by molar-refractivity contribution is -0.153. The highest BCUT2D eigenvalue weighted by atomic mass is 32.2. The Labute approximate surface area is 164 Å². The molecule has 0 saturated carbocycles. The predicted octanol–water partition coefficient (Wildman–Crippen LogP) is 2.01. The maximum atomic E-state index is 12.5. The maximum Gasteiger partial charge on any atom is 0.422 e. The standard InChI is InChI=1S/C14H14F3N5O6S/c1-26-9-6-10(27-2)20-12(19-9)22(29(24)25)13(23)21-11-8(4-3-5-18-11)28-7-14(15,16)17/h3-6H,7H2,1-2H3,(H,24,25)(H,18,21,23). The summed E-state index contributed by atoms with van der Waals surface area (Å²) in [5.41, 5.74) is 0. The smallest absolute Gasteiger partial charge is 0.422 e. The summed E-state index contributed by atoms with van der Waals surface area (Å²) < 4.78 is 72.9. The number of pyridine rings is 1. The van der Waals surface area contributed by atoms with Gasteiger partial charge >= 0.3 is 12.2 Å². The van der Waals surface area contributed by atoms with Gasteiger partial charge in [-0.25, -0.2) is 14.0 Å². The van der Waals surface area contributed by atoms with E-state index >= 15 is 0 Å². The van der Waals surface area contributed by atoms with Gasteiger partial charge in [-0.05, 0) is 12.1 Å². The Hall–Kier alpha value is -3.20. The largest absolute Gasteiger partial charge is 0.481 e. The van der Waals surface area contributed by atoms with Crippen LogP contribution in [0.5, 0.6) is 17.5 Å². The number of methoxy groups -OCH3 is 2. The first kappa shape index (κ1) is 22.1. The van der Waals surface area contributed by atoms with Crippen LogP contribution < -0.4 is 23.8 Å². The molecule has 0 aliphatic carbocycles. The Kier molecular flexibility index (Phi) is 7.11. The van der Waals surface area contributed by atoms with Gasteiger partial charge < -0.3 is 14.2 Å². The van der Waals surface area contributed by atoms with Gasteiger partial charge in [0.15, 0.2) is 18.2 Å². The van der Waals surface area contributed by atoms with Gasteiger partial charge in [-0.2, -0.15) is 27.4 Å². The second-order valence-corrected chi connectivity index (χ2v) is 5.79. The SMILES string of the molecule is COc1cc(OC)nc(N(C(=O)Nc2ncccc2OCC(F)(F)F)S(=O)O)n1. The topological polar surface area (TPSA) is 136 Å². The summed E-state index contributed by atoms with van der Waals surface area (Å²) >= 11 is -2.97. The van der Waals surface area contributed by atoms with Gasteiger partial charge in [0.1, 0.15) is 0 Å². The molecule has 0 saturated heterocycles. The Morgan fingerprint density at radius 1 is 1.28 bits per heavy atom. The molecule has 0 aliphatic heterocycles. The average Bonchev–Trinajstić information content (AvgIpc) is 2.66. The second-order valence-electron chi connectivity index (χ2n) is 4.96. The fourth-order valence-electron chi connectivity index (χ4n) is 1.84. The van der Waals surface area contributed by atoms with Crippen molar-refractivity contribution >= 4 is 29.1 Å². The Balaban J connectivity index is 2.31. The van der Waals surface area contributed by atoms with Crippen LogP contribution in [-0.2, 0) is 11.3 Å². The van der Waals surface area contributed by atoms with Gasteiger partial charge in [0.05, 0.1) is 20.3 Å². The zero-order valence-corrected chi connectivity index (χ0v) is 15.7. The van der Waals surface area contributed by atoms with Gasteiger partial charge in [-0.1, -0.05) is 0 Å². The van der Waals surface area contributed by atoms with Crippen molar-refractivity contribution in [3.63, 3.8) is 0 Å². The summed E-state index contributed by atoms with van der Waals surface area (Å²) in [7, 11) is 2.51. The lowest BCUT2D eigenvalue weighted by Crippen LogP contribution is -2.38. The number of carbonyl (C=O) groups excluding carboxylic acids is 1. The first-order valence-corrected chi connectivity index (χ1v) is 8.54. The molecule has 0 radical (unpaired) electrons. The molecule has 0 fully saturated rings. The minimum atomic E-state index is -4.62. The quantitative estimate of drug-likeness (QED) is 0.623. The molecule has 29 heavy (non-hydrogen) atoms. The van der Waals surface area contributed by atoms with Gasteiger partial charge in [0.25, 0.3) is 17.2 Å². The molecular formula is C14H14F3N5O6S. The molecule has 2 rings (SSSR count). The monoisotopic (exact) mass is 437 g/mol. The average molecular weight is 437 g/mol. The van der Waals surface area contributed by atoms with Gasteiger partial charge in [0.2, 0.25) is 11.8 Å². The number of rotatable bonds is 7. The van der Waals surface area contributed by atoms with Crippen molar-refractivity contribution in [1.29, 1.82) is 0 Å². The third-order valence-electron chi connectivity index (χ3n) is 3.00. The molecule has 2 aromatic heterocycles. The van der Waals surface area contributed by atoms with Gasteiger partial charge in [-0.3, -0.25) is 9.87 Å². The molecule has 2 aromatic rings. The molecule has 0 bridgehead atoms. The number of aromatic nitrogens is 3. The third kappa shape index (κ3) is 6.15. The second kappa shape index (κ2) is 9.33. The molecular weight excluding hydrogens is 423 g/mol. The van der Waals surface area contributed by atoms with E-state index in [2.05, 4.69) is 25.0 Å². The van der Waals surface area contributed by atoms with E-state index in [1.165, 1.54) is 32.5 Å².